The predicted octanol–water partition coefficient (Wildman–Crippen LogP) is 3.50. The van der Waals surface area contributed by atoms with Crippen LogP contribution in [-0.2, 0) is 0 Å². The fraction of sp³-hybridized carbons (Fsp3) is 0.429. The molecule has 1 aromatic rings. The van der Waals surface area contributed by atoms with Gasteiger partial charge in [0.05, 0.1) is 12.7 Å². The molecule has 1 rings (SSSR count). The highest BCUT2D eigenvalue weighted by atomic mass is 32.2. The maximum absolute atomic E-state index is 9.76. The van der Waals surface area contributed by atoms with Crippen molar-refractivity contribution in [2.75, 3.05) is 12.9 Å². The van der Waals surface area contributed by atoms with Gasteiger partial charge in [-0.25, -0.2) is 0 Å². The molecule has 2 nitrogen and oxygen atoms in total. The Balaban J connectivity index is 2.51. The monoisotopic (exact) mass is 252 g/mol. The molecule has 3 heteroatoms. The summed E-state index contributed by atoms with van der Waals surface area (Å²) in [6.07, 6.45) is 2.06. The van der Waals surface area contributed by atoms with E-state index in [0.29, 0.717) is 0 Å². The first kappa shape index (κ1) is 14.1. The van der Waals surface area contributed by atoms with Crippen molar-refractivity contribution in [3.05, 3.63) is 35.9 Å². The Morgan fingerprint density at radius 2 is 1.94 bits per heavy atom. The van der Waals surface area contributed by atoms with E-state index in [2.05, 4.69) is 6.08 Å². The van der Waals surface area contributed by atoms with E-state index < -0.39 is 5.60 Å². The summed E-state index contributed by atoms with van der Waals surface area (Å²) in [4.78, 5) is 1.20. The van der Waals surface area contributed by atoms with Gasteiger partial charge in [-0.3, -0.25) is 0 Å². The minimum absolute atomic E-state index is 0.722. The standard InChI is InChI=1S/C14H20O2S/c1-11(14(2,3)15)9-10-17-13-7-5-12(16-4)6-8-13/h5-9,15H,10H2,1-4H3/b11-9+. The van der Waals surface area contributed by atoms with Gasteiger partial charge in [0.15, 0.2) is 0 Å². The molecule has 0 saturated carbocycles. The first-order chi connectivity index (χ1) is 7.93. The summed E-state index contributed by atoms with van der Waals surface area (Å²) in [5.74, 6) is 1.74. The third-order valence-corrected chi connectivity index (χ3v) is 3.60. The van der Waals surface area contributed by atoms with Crippen LogP contribution in [0.2, 0.25) is 0 Å². The van der Waals surface area contributed by atoms with Crippen molar-refractivity contribution in [3.63, 3.8) is 0 Å². The molecule has 94 valence electrons. The normalized spacial score (nSPS) is 12.6. The van der Waals surface area contributed by atoms with Crippen LogP contribution in [0, 0.1) is 0 Å². The van der Waals surface area contributed by atoms with E-state index in [9.17, 15) is 5.11 Å². The Bertz CT molecular complexity index is 374. The molecule has 0 aromatic heterocycles. The van der Waals surface area contributed by atoms with Gasteiger partial charge in [-0.2, -0.15) is 0 Å². The van der Waals surface area contributed by atoms with Crippen LogP contribution in [0.3, 0.4) is 0 Å². The van der Waals surface area contributed by atoms with Crippen LogP contribution in [0.5, 0.6) is 5.75 Å². The Morgan fingerprint density at radius 1 is 1.35 bits per heavy atom. The van der Waals surface area contributed by atoms with Gasteiger partial charge in [0.2, 0.25) is 0 Å². The molecule has 0 aliphatic carbocycles. The lowest BCUT2D eigenvalue weighted by atomic mass is 10.0. The van der Waals surface area contributed by atoms with Crippen LogP contribution in [0.15, 0.2) is 40.8 Å². The van der Waals surface area contributed by atoms with Crippen molar-refractivity contribution in [2.24, 2.45) is 0 Å². The van der Waals surface area contributed by atoms with Crippen LogP contribution in [0.1, 0.15) is 20.8 Å². The summed E-state index contributed by atoms with van der Waals surface area (Å²) in [5, 5.41) is 9.76. The molecular weight excluding hydrogens is 232 g/mol. The molecule has 0 unspecified atom stereocenters. The molecule has 0 radical (unpaired) electrons. The molecule has 0 fully saturated rings. The van der Waals surface area contributed by atoms with Gasteiger partial charge >= 0.3 is 0 Å². The lowest BCUT2D eigenvalue weighted by Crippen LogP contribution is -2.20. The maximum Gasteiger partial charge on any atom is 0.118 e. The van der Waals surface area contributed by atoms with Crippen molar-refractivity contribution in [1.29, 1.82) is 0 Å². The van der Waals surface area contributed by atoms with Crippen molar-refractivity contribution < 1.29 is 9.84 Å². The third kappa shape index (κ3) is 4.84. The Morgan fingerprint density at radius 3 is 2.41 bits per heavy atom. The fourth-order valence-electron chi connectivity index (χ4n) is 1.18. The maximum atomic E-state index is 9.76. The van der Waals surface area contributed by atoms with E-state index in [1.54, 1.807) is 32.7 Å². The number of hydrogen-bond acceptors (Lipinski definition) is 3. The zero-order chi connectivity index (χ0) is 12.9. The van der Waals surface area contributed by atoms with Gasteiger partial charge in [0.25, 0.3) is 0 Å². The molecule has 0 spiro atoms. The van der Waals surface area contributed by atoms with Gasteiger partial charge in [-0.05, 0) is 50.6 Å². The lowest BCUT2D eigenvalue weighted by molar-refractivity contribution is 0.120. The number of thioether (sulfide) groups is 1. The summed E-state index contributed by atoms with van der Waals surface area (Å²) in [7, 11) is 1.66. The van der Waals surface area contributed by atoms with E-state index in [1.165, 1.54) is 4.90 Å². The molecule has 0 heterocycles. The van der Waals surface area contributed by atoms with Crippen LogP contribution in [0.4, 0.5) is 0 Å². The van der Waals surface area contributed by atoms with Gasteiger partial charge in [0.1, 0.15) is 5.75 Å². The second kappa shape index (κ2) is 6.12. The average molecular weight is 252 g/mol. The smallest absolute Gasteiger partial charge is 0.118 e. The number of hydrogen-bond donors (Lipinski definition) is 1. The third-order valence-electron chi connectivity index (χ3n) is 2.66. The molecule has 0 saturated heterocycles. The highest BCUT2D eigenvalue weighted by Crippen LogP contribution is 2.23. The minimum Gasteiger partial charge on any atom is -0.497 e. The van der Waals surface area contributed by atoms with Crippen molar-refractivity contribution in [2.45, 2.75) is 31.3 Å². The summed E-state index contributed by atoms with van der Waals surface area (Å²) in [5.41, 5.74) is 0.277. The quantitative estimate of drug-likeness (QED) is 0.642. The van der Waals surface area contributed by atoms with Crippen molar-refractivity contribution >= 4 is 11.8 Å². The molecule has 0 atom stereocenters. The van der Waals surface area contributed by atoms with Crippen LogP contribution >= 0.6 is 11.8 Å². The Kier molecular flexibility index (Phi) is 5.09. The van der Waals surface area contributed by atoms with Gasteiger partial charge in [0, 0.05) is 10.6 Å². The molecule has 0 bridgehead atoms. The first-order valence-corrected chi connectivity index (χ1v) is 6.58. The molecule has 17 heavy (non-hydrogen) atoms. The highest BCUT2D eigenvalue weighted by Gasteiger charge is 2.13. The Hall–Kier alpha value is -0.930. The van der Waals surface area contributed by atoms with E-state index in [0.717, 1.165) is 17.1 Å². The van der Waals surface area contributed by atoms with Crippen LogP contribution in [-0.4, -0.2) is 23.6 Å². The van der Waals surface area contributed by atoms with Crippen LogP contribution in [0.25, 0.3) is 0 Å². The van der Waals surface area contributed by atoms with Crippen LogP contribution < -0.4 is 4.74 Å². The topological polar surface area (TPSA) is 29.5 Å². The molecule has 0 aliphatic heterocycles. The summed E-state index contributed by atoms with van der Waals surface area (Å²) in [6, 6.07) is 7.98. The van der Waals surface area contributed by atoms with E-state index >= 15 is 0 Å². The van der Waals surface area contributed by atoms with Gasteiger partial charge in [-0.1, -0.05) is 6.08 Å². The van der Waals surface area contributed by atoms with Crippen molar-refractivity contribution in [1.82, 2.24) is 0 Å². The number of rotatable bonds is 5. The summed E-state index contributed by atoms with van der Waals surface area (Å²) in [6.45, 7) is 5.56. The molecule has 0 amide bonds. The van der Waals surface area contributed by atoms with E-state index in [1.807, 2.05) is 31.2 Å². The van der Waals surface area contributed by atoms with Crippen molar-refractivity contribution in [3.8, 4) is 5.75 Å². The summed E-state index contributed by atoms with van der Waals surface area (Å²) < 4.78 is 5.10. The first-order valence-electron chi connectivity index (χ1n) is 5.60. The number of ether oxygens (including phenoxy) is 1. The number of methoxy groups -OCH3 is 1. The zero-order valence-corrected chi connectivity index (χ0v) is 11.7. The fourth-order valence-corrected chi connectivity index (χ4v) is 2.04. The summed E-state index contributed by atoms with van der Waals surface area (Å²) >= 11 is 1.74. The number of benzene rings is 1. The highest BCUT2D eigenvalue weighted by molar-refractivity contribution is 7.99. The zero-order valence-electron chi connectivity index (χ0n) is 10.9. The van der Waals surface area contributed by atoms with Gasteiger partial charge < -0.3 is 9.84 Å². The average Bonchev–Trinajstić information content (AvgIpc) is 2.28. The van der Waals surface area contributed by atoms with E-state index in [-0.39, 0.29) is 0 Å². The second-order valence-electron chi connectivity index (χ2n) is 4.43. The second-order valence-corrected chi connectivity index (χ2v) is 5.53. The lowest BCUT2D eigenvalue weighted by Gasteiger charge is -2.18. The SMILES string of the molecule is COc1ccc(SC/C=C(\C)C(C)(C)O)cc1. The molecule has 0 aliphatic rings. The predicted molar refractivity (Wildman–Crippen MR) is 73.8 cm³/mol. The molecule has 1 N–H and O–H groups in total. The Labute approximate surface area is 108 Å². The van der Waals surface area contributed by atoms with E-state index in [4.69, 9.17) is 4.74 Å². The largest absolute Gasteiger partial charge is 0.497 e. The molecule has 1 aromatic carbocycles. The van der Waals surface area contributed by atoms with Gasteiger partial charge in [-0.15, -0.1) is 11.8 Å². The minimum atomic E-state index is -0.722. The number of aliphatic hydroxyl groups is 1. The molecular formula is C14H20O2S.